The lowest BCUT2D eigenvalue weighted by atomic mass is 9.85. The normalized spacial score (nSPS) is 11.6. The van der Waals surface area contributed by atoms with Gasteiger partial charge in [0.25, 0.3) is 0 Å². The molecular weight excluding hydrogens is 528 g/mol. The van der Waals surface area contributed by atoms with Crippen molar-refractivity contribution < 1.29 is 0 Å². The van der Waals surface area contributed by atoms with E-state index in [9.17, 15) is 0 Å². The second kappa shape index (κ2) is 9.93. The van der Waals surface area contributed by atoms with Crippen molar-refractivity contribution in [2.24, 2.45) is 0 Å². The van der Waals surface area contributed by atoms with E-state index in [2.05, 4.69) is 170 Å². The van der Waals surface area contributed by atoms with Crippen molar-refractivity contribution in [3.63, 3.8) is 0 Å². The standard InChI is InChI=1S/C44H28/c1-4-15-34-29(10-1)13-7-18-38(34)41-21-9-20-40-37(33-25-24-32-23-22-31-12-3-6-17-36(31)43(32)28-33)26-27-42(44(40)41)39-19-8-14-30-11-2-5-16-35(30)39/h1-28H. The highest BCUT2D eigenvalue weighted by Crippen LogP contribution is 2.44. The molecule has 0 N–H and O–H groups in total. The van der Waals surface area contributed by atoms with E-state index in [1.165, 1.54) is 87.2 Å². The van der Waals surface area contributed by atoms with Gasteiger partial charge in [0.05, 0.1) is 0 Å². The van der Waals surface area contributed by atoms with Crippen LogP contribution in [0.25, 0.3) is 87.2 Å². The zero-order valence-electron chi connectivity index (χ0n) is 24.2. The van der Waals surface area contributed by atoms with Crippen LogP contribution >= 0.6 is 0 Å². The summed E-state index contributed by atoms with van der Waals surface area (Å²) in [4.78, 5) is 0. The summed E-state index contributed by atoms with van der Waals surface area (Å²) >= 11 is 0. The van der Waals surface area contributed by atoms with Crippen molar-refractivity contribution in [1.29, 1.82) is 0 Å². The third-order valence-electron chi connectivity index (χ3n) is 9.26. The fourth-order valence-electron chi connectivity index (χ4n) is 7.20. The maximum atomic E-state index is 2.38. The lowest BCUT2D eigenvalue weighted by Gasteiger charge is -2.18. The highest BCUT2D eigenvalue weighted by Gasteiger charge is 2.17. The number of fused-ring (bicyclic) bond motifs is 6. The van der Waals surface area contributed by atoms with E-state index in [1.807, 2.05) is 0 Å². The monoisotopic (exact) mass is 556 g/mol. The summed E-state index contributed by atoms with van der Waals surface area (Å²) < 4.78 is 0. The summed E-state index contributed by atoms with van der Waals surface area (Å²) in [5.74, 6) is 0. The molecule has 9 aromatic rings. The number of rotatable bonds is 3. The molecule has 0 atom stereocenters. The van der Waals surface area contributed by atoms with Gasteiger partial charge in [-0.05, 0) is 93.3 Å². The Bertz CT molecular complexity index is 2450. The summed E-state index contributed by atoms with van der Waals surface area (Å²) in [7, 11) is 0. The first kappa shape index (κ1) is 24.8. The summed E-state index contributed by atoms with van der Waals surface area (Å²) in [5, 5.41) is 12.7. The van der Waals surface area contributed by atoms with Crippen LogP contribution in [0.2, 0.25) is 0 Å². The van der Waals surface area contributed by atoms with E-state index in [1.54, 1.807) is 0 Å². The van der Waals surface area contributed by atoms with Gasteiger partial charge in [-0.15, -0.1) is 0 Å². The van der Waals surface area contributed by atoms with Crippen LogP contribution in [0.15, 0.2) is 170 Å². The highest BCUT2D eigenvalue weighted by atomic mass is 14.2. The number of hydrogen-bond acceptors (Lipinski definition) is 0. The second-order valence-corrected chi connectivity index (χ2v) is 11.7. The zero-order chi connectivity index (χ0) is 29.0. The Balaban J connectivity index is 1.39. The number of hydrogen-bond donors (Lipinski definition) is 0. The van der Waals surface area contributed by atoms with Gasteiger partial charge in [0.2, 0.25) is 0 Å². The van der Waals surface area contributed by atoms with E-state index in [0.29, 0.717) is 0 Å². The molecule has 0 unspecified atom stereocenters. The molecule has 0 aliphatic heterocycles. The Hall–Kier alpha value is -5.72. The Labute approximate surface area is 256 Å². The molecule has 0 spiro atoms. The van der Waals surface area contributed by atoms with Crippen LogP contribution in [0.4, 0.5) is 0 Å². The summed E-state index contributed by atoms with van der Waals surface area (Å²) in [6.45, 7) is 0. The summed E-state index contributed by atoms with van der Waals surface area (Å²) in [6.07, 6.45) is 0. The maximum Gasteiger partial charge on any atom is -0.00201 e. The summed E-state index contributed by atoms with van der Waals surface area (Å²) in [6, 6.07) is 62.4. The van der Waals surface area contributed by atoms with Crippen LogP contribution in [0.3, 0.4) is 0 Å². The van der Waals surface area contributed by atoms with Crippen LogP contribution < -0.4 is 0 Å². The van der Waals surface area contributed by atoms with Crippen LogP contribution in [0, 0.1) is 0 Å². The van der Waals surface area contributed by atoms with Crippen LogP contribution in [0.1, 0.15) is 0 Å². The molecule has 0 aliphatic rings. The van der Waals surface area contributed by atoms with Gasteiger partial charge in [-0.1, -0.05) is 164 Å². The van der Waals surface area contributed by atoms with Gasteiger partial charge >= 0.3 is 0 Å². The Morgan fingerprint density at radius 3 is 1.34 bits per heavy atom. The van der Waals surface area contributed by atoms with Gasteiger partial charge < -0.3 is 0 Å². The van der Waals surface area contributed by atoms with Gasteiger partial charge in [0.1, 0.15) is 0 Å². The van der Waals surface area contributed by atoms with Gasteiger partial charge in [0.15, 0.2) is 0 Å². The van der Waals surface area contributed by atoms with E-state index < -0.39 is 0 Å². The molecule has 0 amide bonds. The molecule has 0 fully saturated rings. The average molecular weight is 557 g/mol. The molecule has 9 rings (SSSR count). The minimum absolute atomic E-state index is 1.23. The van der Waals surface area contributed by atoms with Crippen LogP contribution in [-0.2, 0) is 0 Å². The zero-order valence-corrected chi connectivity index (χ0v) is 24.2. The Morgan fingerprint density at radius 1 is 0.227 bits per heavy atom. The molecule has 0 heterocycles. The second-order valence-electron chi connectivity index (χ2n) is 11.7. The van der Waals surface area contributed by atoms with Gasteiger partial charge in [-0.3, -0.25) is 0 Å². The fourth-order valence-corrected chi connectivity index (χ4v) is 7.20. The average Bonchev–Trinajstić information content (AvgIpc) is 3.10. The predicted octanol–water partition coefficient (Wildman–Crippen LogP) is 12.5. The smallest absolute Gasteiger partial charge is 0.00201 e. The molecule has 0 bridgehead atoms. The number of benzene rings is 9. The first-order chi connectivity index (χ1) is 21.8. The van der Waals surface area contributed by atoms with Crippen LogP contribution in [-0.4, -0.2) is 0 Å². The van der Waals surface area contributed by atoms with Crippen molar-refractivity contribution in [2.75, 3.05) is 0 Å². The third kappa shape index (κ3) is 3.85. The SMILES string of the molecule is c1ccc2c(-c3cccc4c(-c5ccc6ccc7ccccc7c6c5)ccc(-c5cccc6ccccc56)c34)cccc2c1. The Kier molecular flexibility index (Phi) is 5.61. The molecule has 0 aromatic heterocycles. The molecule has 0 saturated carbocycles. The maximum absolute atomic E-state index is 2.38. The highest BCUT2D eigenvalue weighted by molar-refractivity contribution is 6.18. The van der Waals surface area contributed by atoms with E-state index >= 15 is 0 Å². The molecule has 204 valence electrons. The molecule has 0 aliphatic carbocycles. The van der Waals surface area contributed by atoms with Crippen molar-refractivity contribution >= 4 is 53.9 Å². The topological polar surface area (TPSA) is 0 Å². The molecule has 0 radical (unpaired) electrons. The molecule has 0 nitrogen and oxygen atoms in total. The van der Waals surface area contributed by atoms with Crippen molar-refractivity contribution in [1.82, 2.24) is 0 Å². The van der Waals surface area contributed by atoms with Crippen molar-refractivity contribution in [2.45, 2.75) is 0 Å². The van der Waals surface area contributed by atoms with E-state index in [4.69, 9.17) is 0 Å². The molecular formula is C44H28. The van der Waals surface area contributed by atoms with Crippen molar-refractivity contribution in [3.05, 3.63) is 170 Å². The van der Waals surface area contributed by atoms with Crippen molar-refractivity contribution in [3.8, 4) is 33.4 Å². The molecule has 9 aromatic carbocycles. The minimum Gasteiger partial charge on any atom is -0.0616 e. The lowest BCUT2D eigenvalue weighted by Crippen LogP contribution is -1.91. The third-order valence-corrected chi connectivity index (χ3v) is 9.26. The van der Waals surface area contributed by atoms with Gasteiger partial charge in [-0.2, -0.15) is 0 Å². The van der Waals surface area contributed by atoms with E-state index in [0.717, 1.165) is 0 Å². The quantitative estimate of drug-likeness (QED) is 0.190. The van der Waals surface area contributed by atoms with Gasteiger partial charge in [-0.25, -0.2) is 0 Å². The van der Waals surface area contributed by atoms with Crippen LogP contribution in [0.5, 0.6) is 0 Å². The van der Waals surface area contributed by atoms with Gasteiger partial charge in [0, 0.05) is 0 Å². The predicted molar refractivity (Wildman–Crippen MR) is 190 cm³/mol. The minimum atomic E-state index is 1.23. The fraction of sp³-hybridized carbons (Fsp3) is 0. The molecule has 0 saturated heterocycles. The Morgan fingerprint density at radius 2 is 0.659 bits per heavy atom. The lowest BCUT2D eigenvalue weighted by molar-refractivity contribution is 1.64. The largest absolute Gasteiger partial charge is 0.0616 e. The first-order valence-electron chi connectivity index (χ1n) is 15.3. The summed E-state index contributed by atoms with van der Waals surface area (Å²) in [5.41, 5.74) is 7.53. The first-order valence-corrected chi connectivity index (χ1v) is 15.3. The molecule has 0 heteroatoms. The van der Waals surface area contributed by atoms with E-state index in [-0.39, 0.29) is 0 Å². The molecule has 44 heavy (non-hydrogen) atoms.